The molecule has 3 aromatic carbocycles. The van der Waals surface area contributed by atoms with Crippen molar-refractivity contribution in [3.05, 3.63) is 101 Å². The second-order valence-electron chi connectivity index (χ2n) is 6.24. The zero-order valence-electron chi connectivity index (χ0n) is 14.9. The molecule has 7 heteroatoms. The Labute approximate surface area is 163 Å². The summed E-state index contributed by atoms with van der Waals surface area (Å²) in [6.45, 7) is -0.139. The van der Waals surface area contributed by atoms with E-state index in [1.165, 1.54) is 42.7 Å². The molecule has 0 saturated carbocycles. The van der Waals surface area contributed by atoms with Crippen LogP contribution in [-0.2, 0) is 6.61 Å². The monoisotopic (exact) mass is 394 g/mol. The Kier molecular flexibility index (Phi) is 4.95. The van der Waals surface area contributed by atoms with Gasteiger partial charge in [-0.2, -0.15) is 0 Å². The highest BCUT2D eigenvalue weighted by atomic mass is 19.1. The highest BCUT2D eigenvalue weighted by Crippen LogP contribution is 2.27. The molecule has 0 N–H and O–H groups in total. The molecule has 0 fully saturated rings. The van der Waals surface area contributed by atoms with Gasteiger partial charge in [0.2, 0.25) is 0 Å². The molecule has 4 nitrogen and oxygen atoms in total. The lowest BCUT2D eigenvalue weighted by Crippen LogP contribution is -2.10. The predicted octanol–water partition coefficient (Wildman–Crippen LogP) is 4.86. The van der Waals surface area contributed by atoms with Gasteiger partial charge in [-0.15, -0.1) is 0 Å². The smallest absolute Gasteiger partial charge is 0.199 e. The number of halogens is 3. The summed E-state index contributed by atoms with van der Waals surface area (Å²) in [5, 5.41) is 0. The van der Waals surface area contributed by atoms with E-state index in [0.29, 0.717) is 16.6 Å². The minimum atomic E-state index is -1.12. The van der Waals surface area contributed by atoms with Gasteiger partial charge in [-0.3, -0.25) is 14.8 Å². The summed E-state index contributed by atoms with van der Waals surface area (Å²) in [6.07, 6.45) is 2.96. The van der Waals surface area contributed by atoms with Gasteiger partial charge >= 0.3 is 0 Å². The van der Waals surface area contributed by atoms with Crippen LogP contribution in [0.15, 0.2) is 67.0 Å². The highest BCUT2D eigenvalue weighted by molar-refractivity contribution is 6.10. The van der Waals surface area contributed by atoms with Gasteiger partial charge in [0.25, 0.3) is 0 Å². The number of carbonyl (C=O) groups is 1. The number of rotatable bonds is 5. The Bertz CT molecular complexity index is 1230. The molecule has 0 spiro atoms. The fraction of sp³-hybridized carbons (Fsp3) is 0.0455. The molecule has 1 aromatic heterocycles. The van der Waals surface area contributed by atoms with E-state index in [2.05, 4.69) is 9.97 Å². The third kappa shape index (κ3) is 3.80. The van der Waals surface area contributed by atoms with E-state index in [0.717, 1.165) is 12.1 Å². The van der Waals surface area contributed by atoms with E-state index in [-0.39, 0.29) is 17.9 Å². The number of ether oxygens (including phenoxy) is 1. The molecule has 0 saturated heterocycles. The molecule has 0 bridgehead atoms. The van der Waals surface area contributed by atoms with Crippen LogP contribution in [0.2, 0.25) is 0 Å². The van der Waals surface area contributed by atoms with Gasteiger partial charge in [0, 0.05) is 18.0 Å². The van der Waals surface area contributed by atoms with Crippen LogP contribution in [0.5, 0.6) is 5.75 Å². The van der Waals surface area contributed by atoms with Crippen molar-refractivity contribution >= 4 is 16.8 Å². The normalized spacial score (nSPS) is 10.9. The van der Waals surface area contributed by atoms with Crippen molar-refractivity contribution in [1.29, 1.82) is 0 Å². The van der Waals surface area contributed by atoms with E-state index in [1.807, 2.05) is 0 Å². The van der Waals surface area contributed by atoms with E-state index >= 15 is 0 Å². The molecule has 0 unspecified atom stereocenters. The van der Waals surface area contributed by atoms with Crippen LogP contribution in [0.25, 0.3) is 11.0 Å². The van der Waals surface area contributed by atoms with Crippen molar-refractivity contribution in [3.63, 3.8) is 0 Å². The summed E-state index contributed by atoms with van der Waals surface area (Å²) < 4.78 is 47.8. The van der Waals surface area contributed by atoms with Crippen LogP contribution in [0.4, 0.5) is 13.2 Å². The van der Waals surface area contributed by atoms with Crippen molar-refractivity contribution in [1.82, 2.24) is 9.97 Å². The predicted molar refractivity (Wildman–Crippen MR) is 100 cm³/mol. The third-order valence-corrected chi connectivity index (χ3v) is 4.30. The Morgan fingerprint density at radius 3 is 2.48 bits per heavy atom. The fourth-order valence-corrected chi connectivity index (χ4v) is 2.89. The van der Waals surface area contributed by atoms with Crippen LogP contribution >= 0.6 is 0 Å². The Morgan fingerprint density at radius 1 is 0.897 bits per heavy atom. The lowest BCUT2D eigenvalue weighted by molar-refractivity contribution is 0.103. The molecule has 29 heavy (non-hydrogen) atoms. The van der Waals surface area contributed by atoms with Gasteiger partial charge in [0.1, 0.15) is 18.2 Å². The number of hydrogen-bond acceptors (Lipinski definition) is 4. The topological polar surface area (TPSA) is 52.1 Å². The number of nitrogens with zero attached hydrogens (tertiary/aromatic N) is 2. The first kappa shape index (κ1) is 18.6. The number of hydrogen-bond donors (Lipinski definition) is 0. The van der Waals surface area contributed by atoms with Crippen LogP contribution in [0.3, 0.4) is 0 Å². The first-order valence-corrected chi connectivity index (χ1v) is 8.63. The van der Waals surface area contributed by atoms with Crippen molar-refractivity contribution in [2.75, 3.05) is 0 Å². The summed E-state index contributed by atoms with van der Waals surface area (Å²) in [4.78, 5) is 21.0. The van der Waals surface area contributed by atoms with E-state index in [1.54, 1.807) is 12.1 Å². The Balaban J connectivity index is 1.65. The second kappa shape index (κ2) is 7.71. The highest BCUT2D eigenvalue weighted by Gasteiger charge is 2.23. The molecule has 4 rings (SSSR count). The fourth-order valence-electron chi connectivity index (χ4n) is 2.89. The van der Waals surface area contributed by atoms with Gasteiger partial charge < -0.3 is 4.74 Å². The average Bonchev–Trinajstić information content (AvgIpc) is 2.73. The number of benzene rings is 3. The summed E-state index contributed by atoms with van der Waals surface area (Å²) in [5.74, 6) is -3.74. The van der Waals surface area contributed by atoms with Gasteiger partial charge in [0.05, 0.1) is 16.6 Å². The average molecular weight is 394 g/mol. The van der Waals surface area contributed by atoms with Crippen LogP contribution in [0, 0.1) is 17.5 Å². The van der Waals surface area contributed by atoms with E-state index in [9.17, 15) is 18.0 Å². The maximum atomic E-state index is 14.9. The molecule has 0 aliphatic carbocycles. The number of carbonyl (C=O) groups excluding carboxylic acids is 1. The minimum absolute atomic E-state index is 0.0677. The van der Waals surface area contributed by atoms with Crippen molar-refractivity contribution in [3.8, 4) is 5.75 Å². The molecule has 0 radical (unpaired) electrons. The minimum Gasteiger partial charge on any atom is -0.486 e. The van der Waals surface area contributed by atoms with Crippen LogP contribution < -0.4 is 4.74 Å². The maximum absolute atomic E-state index is 14.9. The summed E-state index contributed by atoms with van der Waals surface area (Å²) >= 11 is 0. The van der Waals surface area contributed by atoms with Crippen LogP contribution in [-0.4, -0.2) is 15.8 Å². The van der Waals surface area contributed by atoms with E-state index < -0.39 is 28.8 Å². The molecule has 0 atom stereocenters. The lowest BCUT2D eigenvalue weighted by atomic mass is 10.0. The largest absolute Gasteiger partial charge is 0.486 e. The summed E-state index contributed by atoms with van der Waals surface area (Å²) in [5.41, 5.74) is 0.785. The molecule has 0 aliphatic rings. The molecular weight excluding hydrogens is 381 g/mol. The first-order valence-electron chi connectivity index (χ1n) is 8.63. The summed E-state index contributed by atoms with van der Waals surface area (Å²) in [6, 6.07) is 12.1. The SMILES string of the molecule is O=C(c1ccc2nccnc2c1)c1c(F)ccc(OCc2cccc(F)c2)c1F. The number of ketones is 1. The van der Waals surface area contributed by atoms with Crippen molar-refractivity contribution in [2.45, 2.75) is 6.61 Å². The molecule has 144 valence electrons. The first-order chi connectivity index (χ1) is 14.0. The Hall–Kier alpha value is -3.74. The second-order valence-corrected chi connectivity index (χ2v) is 6.24. The molecule has 0 aliphatic heterocycles. The van der Waals surface area contributed by atoms with Crippen molar-refractivity contribution < 1.29 is 22.7 Å². The quantitative estimate of drug-likeness (QED) is 0.454. The van der Waals surface area contributed by atoms with Gasteiger partial charge in [0.15, 0.2) is 17.3 Å². The standard InChI is InChI=1S/C22H13F3N2O2/c23-15-3-1-2-13(10-15)12-29-19-7-5-16(24)20(21(19)25)22(28)14-4-6-17-18(11-14)27-9-8-26-17/h1-11H,12H2. The van der Waals surface area contributed by atoms with E-state index in [4.69, 9.17) is 4.74 Å². The molecule has 0 amide bonds. The number of aromatic nitrogens is 2. The lowest BCUT2D eigenvalue weighted by Gasteiger charge is -2.11. The zero-order valence-corrected chi connectivity index (χ0v) is 14.9. The molecule has 1 heterocycles. The van der Waals surface area contributed by atoms with Crippen molar-refractivity contribution in [2.24, 2.45) is 0 Å². The van der Waals surface area contributed by atoms with Gasteiger partial charge in [-0.25, -0.2) is 13.2 Å². The van der Waals surface area contributed by atoms with Crippen LogP contribution in [0.1, 0.15) is 21.5 Å². The van der Waals surface area contributed by atoms with Gasteiger partial charge in [-0.1, -0.05) is 12.1 Å². The molecule has 4 aromatic rings. The maximum Gasteiger partial charge on any atom is 0.199 e. The molecular formula is C22H13F3N2O2. The Morgan fingerprint density at radius 2 is 1.69 bits per heavy atom. The van der Waals surface area contributed by atoms with Gasteiger partial charge in [-0.05, 0) is 48.0 Å². The summed E-state index contributed by atoms with van der Waals surface area (Å²) in [7, 11) is 0. The zero-order chi connectivity index (χ0) is 20.4. The number of fused-ring (bicyclic) bond motifs is 1. The third-order valence-electron chi connectivity index (χ3n) is 4.30.